The molecule has 2 aromatic heterocycles. The summed E-state index contributed by atoms with van der Waals surface area (Å²) in [6.07, 6.45) is 3.36. The van der Waals surface area contributed by atoms with Gasteiger partial charge in [-0.3, -0.25) is 0 Å². The number of aromatic nitrogens is 2. The Morgan fingerprint density at radius 3 is 2.70 bits per heavy atom. The Labute approximate surface area is 114 Å². The van der Waals surface area contributed by atoms with Crippen LogP contribution in [0.3, 0.4) is 0 Å². The maximum absolute atomic E-state index is 14.0. The molecule has 2 heterocycles. The molecule has 20 heavy (non-hydrogen) atoms. The maximum atomic E-state index is 14.0. The van der Waals surface area contributed by atoms with Crippen LogP contribution in [-0.4, -0.2) is 9.61 Å². The second-order valence-electron chi connectivity index (χ2n) is 4.71. The number of hydrogen-bond acceptors (Lipinski definition) is 2. The summed E-state index contributed by atoms with van der Waals surface area (Å²) in [7, 11) is 0. The molecule has 3 nitrogen and oxygen atoms in total. The standard InChI is InChI=1S/C15H13F2N3/c1-9-5-6-10(14(17)13(9)16)15(18)11-8-19-20-7-3-2-4-12(11)20/h2-8,15H,18H2,1H3. The third kappa shape index (κ3) is 1.87. The number of rotatable bonds is 2. The van der Waals surface area contributed by atoms with E-state index in [1.807, 2.05) is 18.2 Å². The predicted octanol–water partition coefficient (Wildman–Crippen LogP) is 2.97. The van der Waals surface area contributed by atoms with Crippen molar-refractivity contribution in [3.05, 3.63) is 71.1 Å². The molecule has 5 heteroatoms. The van der Waals surface area contributed by atoms with E-state index >= 15 is 0 Å². The van der Waals surface area contributed by atoms with Gasteiger partial charge in [0.2, 0.25) is 0 Å². The first-order valence-corrected chi connectivity index (χ1v) is 6.22. The molecule has 0 radical (unpaired) electrons. The third-order valence-electron chi connectivity index (χ3n) is 3.43. The van der Waals surface area contributed by atoms with Crippen molar-refractivity contribution in [2.45, 2.75) is 13.0 Å². The average molecular weight is 273 g/mol. The summed E-state index contributed by atoms with van der Waals surface area (Å²) in [6, 6.07) is 7.81. The van der Waals surface area contributed by atoms with Crippen molar-refractivity contribution in [1.29, 1.82) is 0 Å². The molecule has 3 rings (SSSR count). The largest absolute Gasteiger partial charge is 0.320 e. The van der Waals surface area contributed by atoms with Crippen LogP contribution in [0.4, 0.5) is 8.78 Å². The first-order valence-electron chi connectivity index (χ1n) is 6.22. The van der Waals surface area contributed by atoms with Crippen LogP contribution in [0.25, 0.3) is 5.52 Å². The fourth-order valence-electron chi connectivity index (χ4n) is 2.26. The molecule has 0 spiro atoms. The van der Waals surface area contributed by atoms with E-state index in [4.69, 9.17) is 5.73 Å². The molecular weight excluding hydrogens is 260 g/mol. The van der Waals surface area contributed by atoms with Crippen molar-refractivity contribution in [3.8, 4) is 0 Å². The number of halogens is 2. The molecule has 0 aliphatic carbocycles. The van der Waals surface area contributed by atoms with Crippen molar-refractivity contribution < 1.29 is 8.78 Å². The van der Waals surface area contributed by atoms with Crippen LogP contribution in [0.5, 0.6) is 0 Å². The van der Waals surface area contributed by atoms with Crippen LogP contribution in [0.15, 0.2) is 42.7 Å². The van der Waals surface area contributed by atoms with Gasteiger partial charge in [-0.2, -0.15) is 5.10 Å². The maximum Gasteiger partial charge on any atom is 0.164 e. The number of nitrogens with two attached hydrogens (primary N) is 1. The van der Waals surface area contributed by atoms with E-state index in [-0.39, 0.29) is 11.1 Å². The van der Waals surface area contributed by atoms with Gasteiger partial charge in [0.15, 0.2) is 11.6 Å². The monoisotopic (exact) mass is 273 g/mol. The van der Waals surface area contributed by atoms with E-state index < -0.39 is 17.7 Å². The molecule has 102 valence electrons. The van der Waals surface area contributed by atoms with Crippen molar-refractivity contribution in [2.24, 2.45) is 5.73 Å². The highest BCUT2D eigenvalue weighted by molar-refractivity contribution is 5.57. The number of hydrogen-bond donors (Lipinski definition) is 1. The van der Waals surface area contributed by atoms with Gasteiger partial charge in [-0.05, 0) is 24.6 Å². The quantitative estimate of drug-likeness (QED) is 0.780. The van der Waals surface area contributed by atoms with E-state index in [2.05, 4.69) is 5.10 Å². The highest BCUT2D eigenvalue weighted by Gasteiger charge is 2.20. The predicted molar refractivity (Wildman–Crippen MR) is 72.3 cm³/mol. The van der Waals surface area contributed by atoms with Crippen LogP contribution >= 0.6 is 0 Å². The fraction of sp³-hybridized carbons (Fsp3) is 0.133. The first-order chi connectivity index (χ1) is 9.59. The average Bonchev–Trinajstić information content (AvgIpc) is 2.88. The SMILES string of the molecule is Cc1ccc(C(N)c2cnn3ccccc23)c(F)c1F. The molecule has 1 aromatic carbocycles. The van der Waals surface area contributed by atoms with Crippen LogP contribution in [0.2, 0.25) is 0 Å². The summed E-state index contributed by atoms with van der Waals surface area (Å²) >= 11 is 0. The summed E-state index contributed by atoms with van der Waals surface area (Å²) in [4.78, 5) is 0. The first kappa shape index (κ1) is 12.7. The molecule has 3 aromatic rings. The van der Waals surface area contributed by atoms with E-state index in [9.17, 15) is 8.78 Å². The molecule has 1 unspecified atom stereocenters. The smallest absolute Gasteiger partial charge is 0.164 e. The van der Waals surface area contributed by atoms with Crippen LogP contribution in [-0.2, 0) is 0 Å². The van der Waals surface area contributed by atoms with Crippen LogP contribution < -0.4 is 5.73 Å². The third-order valence-corrected chi connectivity index (χ3v) is 3.43. The van der Waals surface area contributed by atoms with Gasteiger partial charge in [0, 0.05) is 17.3 Å². The van der Waals surface area contributed by atoms with Gasteiger partial charge in [0.05, 0.1) is 17.8 Å². The van der Waals surface area contributed by atoms with E-state index in [0.717, 1.165) is 5.52 Å². The minimum atomic E-state index is -0.896. The molecule has 0 saturated carbocycles. The van der Waals surface area contributed by atoms with Gasteiger partial charge >= 0.3 is 0 Å². The molecule has 0 saturated heterocycles. The Morgan fingerprint density at radius 2 is 1.90 bits per heavy atom. The number of aryl methyl sites for hydroxylation is 1. The van der Waals surface area contributed by atoms with Crippen molar-refractivity contribution in [2.75, 3.05) is 0 Å². The lowest BCUT2D eigenvalue weighted by molar-refractivity contribution is 0.489. The minimum absolute atomic E-state index is 0.131. The number of fused-ring (bicyclic) bond motifs is 1. The van der Waals surface area contributed by atoms with Crippen LogP contribution in [0, 0.1) is 18.6 Å². The Bertz CT molecular complexity index is 780. The topological polar surface area (TPSA) is 43.3 Å². The van der Waals surface area contributed by atoms with Gasteiger partial charge in [0.1, 0.15) is 0 Å². The molecule has 0 fully saturated rings. The minimum Gasteiger partial charge on any atom is -0.320 e. The Morgan fingerprint density at radius 1 is 1.10 bits per heavy atom. The van der Waals surface area contributed by atoms with E-state index in [1.165, 1.54) is 19.1 Å². The van der Waals surface area contributed by atoms with Gasteiger partial charge in [-0.25, -0.2) is 13.3 Å². The second kappa shape index (κ2) is 4.68. The molecule has 0 aliphatic rings. The van der Waals surface area contributed by atoms with Gasteiger partial charge in [-0.15, -0.1) is 0 Å². The van der Waals surface area contributed by atoms with E-state index in [1.54, 1.807) is 16.9 Å². The highest BCUT2D eigenvalue weighted by atomic mass is 19.2. The highest BCUT2D eigenvalue weighted by Crippen LogP contribution is 2.27. The zero-order chi connectivity index (χ0) is 14.3. The molecule has 0 bridgehead atoms. The van der Waals surface area contributed by atoms with Gasteiger partial charge < -0.3 is 5.73 Å². The molecule has 2 N–H and O–H groups in total. The summed E-state index contributed by atoms with van der Waals surface area (Å²) < 4.78 is 29.3. The zero-order valence-electron chi connectivity index (χ0n) is 10.8. The number of pyridine rings is 1. The van der Waals surface area contributed by atoms with Crippen molar-refractivity contribution >= 4 is 5.52 Å². The molecule has 1 atom stereocenters. The van der Waals surface area contributed by atoms with E-state index in [0.29, 0.717) is 5.56 Å². The normalized spacial score (nSPS) is 12.8. The molecule has 0 aliphatic heterocycles. The fourth-order valence-corrected chi connectivity index (χ4v) is 2.26. The lowest BCUT2D eigenvalue weighted by Gasteiger charge is -2.13. The summed E-state index contributed by atoms with van der Waals surface area (Å²) in [5, 5.41) is 4.16. The summed E-state index contributed by atoms with van der Waals surface area (Å²) in [6.45, 7) is 1.52. The van der Waals surface area contributed by atoms with Gasteiger partial charge in [0.25, 0.3) is 0 Å². The Balaban J connectivity index is 2.13. The van der Waals surface area contributed by atoms with Crippen molar-refractivity contribution in [1.82, 2.24) is 9.61 Å². The molecule has 0 amide bonds. The lowest BCUT2D eigenvalue weighted by atomic mass is 9.99. The summed E-state index contributed by atoms with van der Waals surface area (Å²) in [5.41, 5.74) is 7.92. The van der Waals surface area contributed by atoms with Gasteiger partial charge in [-0.1, -0.05) is 18.2 Å². The summed E-state index contributed by atoms with van der Waals surface area (Å²) in [5.74, 6) is -1.75. The lowest BCUT2D eigenvalue weighted by Crippen LogP contribution is -2.14. The van der Waals surface area contributed by atoms with Crippen LogP contribution in [0.1, 0.15) is 22.7 Å². The number of nitrogens with zero attached hydrogens (tertiary/aromatic N) is 2. The second-order valence-corrected chi connectivity index (χ2v) is 4.71. The van der Waals surface area contributed by atoms with Crippen molar-refractivity contribution in [3.63, 3.8) is 0 Å². The zero-order valence-corrected chi connectivity index (χ0v) is 10.8. The Kier molecular flexibility index (Phi) is 2.99. The molecular formula is C15H13F2N3. The number of benzene rings is 1. The Hall–Kier alpha value is -2.27.